The van der Waals surface area contributed by atoms with Crippen molar-refractivity contribution in [2.75, 3.05) is 75.6 Å². The zero-order chi connectivity index (χ0) is 35.6. The van der Waals surface area contributed by atoms with Crippen molar-refractivity contribution in [1.29, 1.82) is 0 Å². The van der Waals surface area contributed by atoms with Crippen LogP contribution < -0.4 is 26.2 Å². The predicted molar refractivity (Wildman–Crippen MR) is 192 cm³/mol. The number of hydrogen-bond donors (Lipinski definition) is 4. The van der Waals surface area contributed by atoms with Crippen LogP contribution in [0.15, 0.2) is 72.8 Å². The van der Waals surface area contributed by atoms with Crippen LogP contribution >= 0.6 is 0 Å². The minimum absolute atomic E-state index is 0.0379. The highest BCUT2D eigenvalue weighted by Crippen LogP contribution is 2.26. The molecule has 1 saturated heterocycles. The number of hydrazine groups is 1. The van der Waals surface area contributed by atoms with Gasteiger partial charge in [-0.3, -0.25) is 14.4 Å². The number of ether oxygens (including phenoxy) is 1. The quantitative estimate of drug-likeness (QED) is 0.112. The molecule has 0 aliphatic carbocycles. The first-order chi connectivity index (χ1) is 23.6. The van der Waals surface area contributed by atoms with E-state index in [0.717, 1.165) is 55.1 Å². The number of rotatable bonds is 14. The van der Waals surface area contributed by atoms with Crippen LogP contribution in [0.2, 0.25) is 0 Å². The lowest BCUT2D eigenvalue weighted by molar-refractivity contribution is -0.137. The molecule has 0 aromatic heterocycles. The maximum Gasteiger partial charge on any atom is 0.323 e. The molecule has 0 radical (unpaired) electrons. The van der Waals surface area contributed by atoms with E-state index < -0.39 is 5.97 Å². The van der Waals surface area contributed by atoms with E-state index in [1.54, 1.807) is 18.2 Å². The van der Waals surface area contributed by atoms with Gasteiger partial charge in [-0.05, 0) is 74.8 Å². The third-order valence-corrected chi connectivity index (χ3v) is 8.03. The standard InChI is InChI=1S/C23H30N4O3.C13H19N3O3/c1-17-7-4-5-8-19(17)24-23(29)25-20-10-9-18(15-21(20)30-3)16-22(28)27-12-6-11-26(2)13-14-27;14-16(12-5-2-1-3-6-12)9-4-8-15(11-17)10-7-13(18)19/h4-5,7-10,15H,6,11-14,16H2,1-3H3,(H2,24,25,29);1-3,5-6,11H,4,7-10,14H2,(H,18,19). The second kappa shape index (κ2) is 20.3. The van der Waals surface area contributed by atoms with Gasteiger partial charge in [0.1, 0.15) is 5.75 Å². The van der Waals surface area contributed by atoms with Crippen LogP contribution in [-0.4, -0.2) is 104 Å². The van der Waals surface area contributed by atoms with E-state index in [-0.39, 0.29) is 24.9 Å². The van der Waals surface area contributed by atoms with Crippen LogP contribution in [-0.2, 0) is 20.8 Å². The summed E-state index contributed by atoms with van der Waals surface area (Å²) in [6.07, 6.45) is 2.63. The van der Waals surface area contributed by atoms with Crippen LogP contribution in [0.4, 0.5) is 21.9 Å². The number of hydrogen-bond acceptors (Lipinski definition) is 8. The zero-order valence-electron chi connectivity index (χ0n) is 28.6. The number of para-hydroxylation sites is 2. The highest BCUT2D eigenvalue weighted by atomic mass is 16.5. The van der Waals surface area contributed by atoms with Gasteiger partial charge in [0.25, 0.3) is 0 Å². The SMILES string of the molecule is COc1cc(CC(=O)N2CCCN(C)CC2)ccc1NC(=O)Nc1ccccc1C.NN(CCCN(C=O)CCC(=O)O)c1ccccc1. The van der Waals surface area contributed by atoms with E-state index in [1.165, 1.54) is 4.90 Å². The monoisotopic (exact) mass is 675 g/mol. The highest BCUT2D eigenvalue weighted by molar-refractivity contribution is 6.01. The fourth-order valence-electron chi connectivity index (χ4n) is 5.17. The smallest absolute Gasteiger partial charge is 0.323 e. The molecule has 0 spiro atoms. The van der Waals surface area contributed by atoms with Crippen molar-refractivity contribution >= 4 is 41.4 Å². The van der Waals surface area contributed by atoms with Gasteiger partial charge >= 0.3 is 12.0 Å². The molecule has 3 aromatic rings. The fourth-order valence-corrected chi connectivity index (χ4v) is 5.17. The van der Waals surface area contributed by atoms with E-state index in [0.29, 0.717) is 43.8 Å². The topological polar surface area (TPSA) is 161 Å². The first-order valence-corrected chi connectivity index (χ1v) is 16.3. The molecule has 49 heavy (non-hydrogen) atoms. The molecule has 13 heteroatoms. The number of carboxylic acids is 1. The summed E-state index contributed by atoms with van der Waals surface area (Å²) < 4.78 is 5.45. The number of aliphatic carboxylic acids is 1. The number of amides is 4. The summed E-state index contributed by atoms with van der Waals surface area (Å²) in [7, 11) is 3.63. The number of anilines is 3. The first kappa shape index (κ1) is 38.3. The molecule has 3 aromatic carbocycles. The van der Waals surface area contributed by atoms with Gasteiger partial charge in [-0.1, -0.05) is 42.5 Å². The number of nitrogens with one attached hydrogen (secondary N) is 2. The largest absolute Gasteiger partial charge is 0.495 e. The second-order valence-electron chi connectivity index (χ2n) is 11.8. The number of carbonyl (C=O) groups is 4. The van der Waals surface area contributed by atoms with Crippen molar-refractivity contribution in [1.82, 2.24) is 14.7 Å². The number of aryl methyl sites for hydroxylation is 1. The lowest BCUT2D eigenvalue weighted by Crippen LogP contribution is -2.35. The number of methoxy groups -OCH3 is 1. The van der Waals surface area contributed by atoms with Crippen LogP contribution in [0.1, 0.15) is 30.4 Å². The van der Waals surface area contributed by atoms with Crippen molar-refractivity contribution in [3.05, 3.63) is 83.9 Å². The molecule has 0 atom stereocenters. The molecule has 4 rings (SSSR count). The Morgan fingerprint density at radius 3 is 2.33 bits per heavy atom. The van der Waals surface area contributed by atoms with E-state index in [2.05, 4.69) is 22.6 Å². The van der Waals surface area contributed by atoms with Gasteiger partial charge in [0.15, 0.2) is 0 Å². The van der Waals surface area contributed by atoms with E-state index in [9.17, 15) is 19.2 Å². The summed E-state index contributed by atoms with van der Waals surface area (Å²) in [5, 5.41) is 15.8. The minimum atomic E-state index is -0.906. The molecule has 264 valence electrons. The van der Waals surface area contributed by atoms with Crippen molar-refractivity contribution in [3.8, 4) is 5.75 Å². The maximum atomic E-state index is 12.7. The molecular weight excluding hydrogens is 626 g/mol. The number of likely N-dealkylation sites (N-methyl/N-ethyl adjacent to an activating group) is 1. The molecule has 1 aliphatic heterocycles. The summed E-state index contributed by atoms with van der Waals surface area (Å²) in [6, 6.07) is 22.2. The Hall–Kier alpha value is -5.14. The van der Waals surface area contributed by atoms with E-state index in [4.69, 9.17) is 15.7 Å². The fraction of sp³-hybridized carbons (Fsp3) is 0.389. The average Bonchev–Trinajstić information content (AvgIpc) is 3.32. The van der Waals surface area contributed by atoms with Crippen molar-refractivity contribution in [2.24, 2.45) is 5.84 Å². The molecule has 0 saturated carbocycles. The van der Waals surface area contributed by atoms with Crippen LogP contribution in [0.5, 0.6) is 5.75 Å². The van der Waals surface area contributed by atoms with Gasteiger partial charge in [0.05, 0.1) is 31.3 Å². The Kier molecular flexibility index (Phi) is 15.9. The number of urea groups is 1. The predicted octanol–water partition coefficient (Wildman–Crippen LogP) is 4.04. The van der Waals surface area contributed by atoms with Gasteiger partial charge < -0.3 is 40.2 Å². The first-order valence-electron chi connectivity index (χ1n) is 16.3. The lowest BCUT2D eigenvalue weighted by atomic mass is 10.1. The molecule has 1 heterocycles. The van der Waals surface area contributed by atoms with E-state index in [1.807, 2.05) is 78.6 Å². The van der Waals surface area contributed by atoms with Crippen LogP contribution in [0.3, 0.4) is 0 Å². The van der Waals surface area contributed by atoms with Gasteiger partial charge in [0, 0.05) is 45.0 Å². The number of carbonyl (C=O) groups excluding carboxylic acids is 3. The average molecular weight is 676 g/mol. The van der Waals surface area contributed by atoms with Gasteiger partial charge in [-0.2, -0.15) is 0 Å². The van der Waals surface area contributed by atoms with Crippen molar-refractivity contribution in [2.45, 2.75) is 32.6 Å². The maximum absolute atomic E-state index is 12.7. The summed E-state index contributed by atoms with van der Waals surface area (Å²) in [5.74, 6) is 5.61. The molecule has 4 amide bonds. The summed E-state index contributed by atoms with van der Waals surface area (Å²) in [5.41, 5.74) is 4.05. The normalized spacial score (nSPS) is 12.9. The van der Waals surface area contributed by atoms with Crippen LogP contribution in [0.25, 0.3) is 0 Å². The number of nitrogens with two attached hydrogens (primary N) is 1. The Labute approximate surface area is 288 Å². The van der Waals surface area contributed by atoms with Crippen molar-refractivity contribution in [3.63, 3.8) is 0 Å². The van der Waals surface area contributed by atoms with Crippen molar-refractivity contribution < 1.29 is 29.0 Å². The lowest BCUT2D eigenvalue weighted by Gasteiger charge is -2.21. The number of benzene rings is 3. The summed E-state index contributed by atoms with van der Waals surface area (Å²) >= 11 is 0. The Bertz CT molecular complexity index is 1510. The third kappa shape index (κ3) is 13.5. The second-order valence-corrected chi connectivity index (χ2v) is 11.8. The zero-order valence-corrected chi connectivity index (χ0v) is 28.6. The van der Waals surface area contributed by atoms with Gasteiger partial charge in [0.2, 0.25) is 12.3 Å². The Balaban J connectivity index is 0.000000295. The highest BCUT2D eigenvalue weighted by Gasteiger charge is 2.19. The van der Waals surface area contributed by atoms with E-state index >= 15 is 0 Å². The minimum Gasteiger partial charge on any atom is -0.495 e. The molecule has 0 bridgehead atoms. The van der Waals surface area contributed by atoms with Gasteiger partial charge in [-0.15, -0.1) is 0 Å². The molecule has 1 fully saturated rings. The molecular formula is C36H49N7O6. The van der Waals surface area contributed by atoms with Crippen LogP contribution in [0, 0.1) is 6.92 Å². The number of nitrogens with zero attached hydrogens (tertiary/aromatic N) is 4. The Morgan fingerprint density at radius 2 is 1.63 bits per heavy atom. The molecule has 5 N–H and O–H groups in total. The Morgan fingerprint density at radius 1 is 0.918 bits per heavy atom. The third-order valence-electron chi connectivity index (χ3n) is 8.03. The number of carboxylic acid groups (broad SMARTS) is 1. The summed E-state index contributed by atoms with van der Waals surface area (Å²) in [4.78, 5) is 51.9. The molecule has 13 nitrogen and oxygen atoms in total. The summed E-state index contributed by atoms with van der Waals surface area (Å²) in [6.45, 7) is 6.72. The molecule has 0 unspecified atom stereocenters. The molecule has 1 aliphatic rings. The van der Waals surface area contributed by atoms with Gasteiger partial charge in [-0.25, -0.2) is 10.6 Å².